The number of hydrogen-bond donors (Lipinski definition) is 0. The number of carbonyl (C=O) groups is 1. The minimum atomic E-state index is -0.195. The van der Waals surface area contributed by atoms with Crippen molar-refractivity contribution in [3.8, 4) is 0 Å². The highest BCUT2D eigenvalue weighted by atomic mass is 16.5. The SMILES string of the molecule is CCCCCCCCCCCCOC(=O)/C(C)=C/N(C)C. The average Bonchev–Trinajstić information content (AvgIpc) is 2.43. The van der Waals surface area contributed by atoms with Gasteiger partial charge in [-0.15, -0.1) is 0 Å². The molecule has 0 heterocycles. The van der Waals surface area contributed by atoms with E-state index in [9.17, 15) is 4.79 Å². The van der Waals surface area contributed by atoms with Gasteiger partial charge in [-0.3, -0.25) is 0 Å². The van der Waals surface area contributed by atoms with E-state index in [1.54, 1.807) is 13.1 Å². The molecule has 0 N–H and O–H groups in total. The second-order valence-corrected chi connectivity index (χ2v) is 6.09. The van der Waals surface area contributed by atoms with Crippen molar-refractivity contribution in [2.45, 2.75) is 78.1 Å². The Morgan fingerprint density at radius 3 is 1.86 bits per heavy atom. The molecule has 0 aromatic heterocycles. The molecule has 0 aromatic rings. The fourth-order valence-corrected chi connectivity index (χ4v) is 2.31. The van der Waals surface area contributed by atoms with E-state index in [4.69, 9.17) is 4.74 Å². The topological polar surface area (TPSA) is 29.5 Å². The molecule has 0 saturated carbocycles. The third-order valence-corrected chi connectivity index (χ3v) is 3.50. The van der Waals surface area contributed by atoms with Crippen molar-refractivity contribution < 1.29 is 9.53 Å². The van der Waals surface area contributed by atoms with Crippen LogP contribution in [0.3, 0.4) is 0 Å². The largest absolute Gasteiger partial charge is 0.462 e. The molecule has 0 fully saturated rings. The summed E-state index contributed by atoms with van der Waals surface area (Å²) >= 11 is 0. The molecule has 0 atom stereocenters. The summed E-state index contributed by atoms with van der Waals surface area (Å²) in [5.74, 6) is -0.195. The molecular formula is C18H35NO2. The molecule has 3 nitrogen and oxygen atoms in total. The highest BCUT2D eigenvalue weighted by molar-refractivity contribution is 5.87. The van der Waals surface area contributed by atoms with Crippen LogP contribution in [0.25, 0.3) is 0 Å². The quantitative estimate of drug-likeness (QED) is 0.275. The molecule has 0 rings (SSSR count). The summed E-state index contributed by atoms with van der Waals surface area (Å²) in [7, 11) is 3.80. The lowest BCUT2D eigenvalue weighted by Gasteiger charge is -2.08. The van der Waals surface area contributed by atoms with Crippen LogP contribution in [0.2, 0.25) is 0 Å². The van der Waals surface area contributed by atoms with Gasteiger partial charge in [-0.25, -0.2) is 4.79 Å². The molecule has 3 heteroatoms. The molecule has 0 radical (unpaired) electrons. The van der Waals surface area contributed by atoms with Crippen LogP contribution in [-0.2, 0) is 9.53 Å². The van der Waals surface area contributed by atoms with Gasteiger partial charge in [0, 0.05) is 25.9 Å². The number of unbranched alkanes of at least 4 members (excludes halogenated alkanes) is 9. The van der Waals surface area contributed by atoms with Crippen molar-refractivity contribution in [2.24, 2.45) is 0 Å². The number of hydrogen-bond acceptors (Lipinski definition) is 3. The van der Waals surface area contributed by atoms with E-state index in [0.717, 1.165) is 6.42 Å². The molecule has 0 aliphatic heterocycles. The van der Waals surface area contributed by atoms with Gasteiger partial charge in [0.05, 0.1) is 6.61 Å². The smallest absolute Gasteiger partial charge is 0.335 e. The first-order valence-electron chi connectivity index (χ1n) is 8.60. The van der Waals surface area contributed by atoms with Gasteiger partial charge in [0.2, 0.25) is 0 Å². The molecule has 0 bridgehead atoms. The van der Waals surface area contributed by atoms with E-state index in [1.165, 1.54) is 57.8 Å². The first kappa shape index (κ1) is 20.0. The summed E-state index contributed by atoms with van der Waals surface area (Å²) in [5.41, 5.74) is 0.659. The van der Waals surface area contributed by atoms with E-state index >= 15 is 0 Å². The monoisotopic (exact) mass is 297 g/mol. The van der Waals surface area contributed by atoms with Crippen molar-refractivity contribution in [2.75, 3.05) is 20.7 Å². The summed E-state index contributed by atoms with van der Waals surface area (Å²) in [6.07, 6.45) is 14.7. The van der Waals surface area contributed by atoms with Gasteiger partial charge in [-0.2, -0.15) is 0 Å². The number of esters is 1. The molecule has 0 amide bonds. The Labute approximate surface area is 131 Å². The predicted octanol–water partition coefficient (Wildman–Crippen LogP) is 4.92. The van der Waals surface area contributed by atoms with Crippen molar-refractivity contribution in [3.05, 3.63) is 11.8 Å². The van der Waals surface area contributed by atoms with Gasteiger partial charge in [-0.05, 0) is 13.3 Å². The first-order valence-corrected chi connectivity index (χ1v) is 8.60. The van der Waals surface area contributed by atoms with Crippen molar-refractivity contribution >= 4 is 5.97 Å². The molecule has 124 valence electrons. The Kier molecular flexibility index (Phi) is 13.3. The minimum absolute atomic E-state index is 0.195. The third-order valence-electron chi connectivity index (χ3n) is 3.50. The van der Waals surface area contributed by atoms with Crippen LogP contribution in [0, 0.1) is 0 Å². The summed E-state index contributed by atoms with van der Waals surface area (Å²) in [6, 6.07) is 0. The van der Waals surface area contributed by atoms with Crippen molar-refractivity contribution in [3.63, 3.8) is 0 Å². The second-order valence-electron chi connectivity index (χ2n) is 6.09. The van der Waals surface area contributed by atoms with Crippen LogP contribution in [0.4, 0.5) is 0 Å². The Morgan fingerprint density at radius 1 is 0.905 bits per heavy atom. The number of ether oxygens (including phenoxy) is 1. The highest BCUT2D eigenvalue weighted by Gasteiger charge is 2.05. The molecule has 0 saturated heterocycles. The number of carbonyl (C=O) groups excluding carboxylic acids is 1. The normalized spacial score (nSPS) is 11.5. The molecule has 0 aromatic carbocycles. The van der Waals surface area contributed by atoms with E-state index in [2.05, 4.69) is 6.92 Å². The lowest BCUT2D eigenvalue weighted by atomic mass is 10.1. The summed E-state index contributed by atoms with van der Waals surface area (Å²) in [5, 5.41) is 0. The van der Waals surface area contributed by atoms with Crippen molar-refractivity contribution in [1.82, 2.24) is 4.90 Å². The zero-order valence-corrected chi connectivity index (χ0v) is 14.6. The fourth-order valence-electron chi connectivity index (χ4n) is 2.31. The fraction of sp³-hybridized carbons (Fsp3) is 0.833. The number of nitrogens with zero attached hydrogens (tertiary/aromatic N) is 1. The Bertz CT molecular complexity index is 285. The van der Waals surface area contributed by atoms with E-state index < -0.39 is 0 Å². The van der Waals surface area contributed by atoms with Crippen LogP contribution < -0.4 is 0 Å². The number of rotatable bonds is 13. The first-order chi connectivity index (χ1) is 10.1. The van der Waals surface area contributed by atoms with Crippen LogP contribution in [-0.4, -0.2) is 31.6 Å². The summed E-state index contributed by atoms with van der Waals surface area (Å²) in [6.45, 7) is 4.60. The van der Waals surface area contributed by atoms with E-state index in [0.29, 0.717) is 12.2 Å². The van der Waals surface area contributed by atoms with Gasteiger partial charge in [0.15, 0.2) is 0 Å². The lowest BCUT2D eigenvalue weighted by Crippen LogP contribution is -2.11. The molecule has 0 unspecified atom stereocenters. The molecule has 0 aliphatic carbocycles. The van der Waals surface area contributed by atoms with Gasteiger partial charge >= 0.3 is 5.97 Å². The maximum absolute atomic E-state index is 11.6. The van der Waals surface area contributed by atoms with Gasteiger partial charge in [0.25, 0.3) is 0 Å². The van der Waals surface area contributed by atoms with Gasteiger partial charge in [0.1, 0.15) is 0 Å². The van der Waals surface area contributed by atoms with E-state index in [-0.39, 0.29) is 5.97 Å². The highest BCUT2D eigenvalue weighted by Crippen LogP contribution is 2.10. The van der Waals surface area contributed by atoms with Crippen LogP contribution in [0.5, 0.6) is 0 Å². The Hall–Kier alpha value is -0.990. The van der Waals surface area contributed by atoms with Crippen molar-refractivity contribution in [1.29, 1.82) is 0 Å². The maximum atomic E-state index is 11.6. The minimum Gasteiger partial charge on any atom is -0.462 e. The van der Waals surface area contributed by atoms with Crippen LogP contribution in [0.15, 0.2) is 11.8 Å². The molecule has 0 spiro atoms. The molecule has 0 aliphatic rings. The summed E-state index contributed by atoms with van der Waals surface area (Å²) < 4.78 is 5.24. The third kappa shape index (κ3) is 13.7. The predicted molar refractivity (Wildman–Crippen MR) is 90.2 cm³/mol. The van der Waals surface area contributed by atoms with Crippen LogP contribution >= 0.6 is 0 Å². The Morgan fingerprint density at radius 2 is 1.38 bits per heavy atom. The lowest BCUT2D eigenvalue weighted by molar-refractivity contribution is -0.139. The zero-order valence-electron chi connectivity index (χ0n) is 14.6. The molecule has 21 heavy (non-hydrogen) atoms. The average molecular weight is 297 g/mol. The van der Waals surface area contributed by atoms with Gasteiger partial charge in [-0.1, -0.05) is 64.7 Å². The Balaban J connectivity index is 3.34. The van der Waals surface area contributed by atoms with Gasteiger partial charge < -0.3 is 9.64 Å². The standard InChI is InChI=1S/C18H35NO2/c1-5-6-7-8-9-10-11-12-13-14-15-21-18(20)17(2)16-19(3)4/h16H,5-15H2,1-4H3/b17-16+. The maximum Gasteiger partial charge on any atom is 0.335 e. The van der Waals surface area contributed by atoms with E-state index in [1.807, 2.05) is 19.0 Å². The zero-order chi connectivity index (χ0) is 15.9. The molecular weight excluding hydrogens is 262 g/mol. The summed E-state index contributed by atoms with van der Waals surface area (Å²) in [4.78, 5) is 13.5. The van der Waals surface area contributed by atoms with Crippen LogP contribution in [0.1, 0.15) is 78.1 Å². The second kappa shape index (κ2) is 14.0.